The zero-order chi connectivity index (χ0) is 12.6. The van der Waals surface area contributed by atoms with Crippen molar-refractivity contribution < 1.29 is 0 Å². The lowest BCUT2D eigenvalue weighted by molar-refractivity contribution is 0.550. The van der Waals surface area contributed by atoms with Gasteiger partial charge in [-0.15, -0.1) is 0 Å². The summed E-state index contributed by atoms with van der Waals surface area (Å²) in [5.74, 6) is 0.460. The molecule has 17 heavy (non-hydrogen) atoms. The van der Waals surface area contributed by atoms with E-state index in [-0.39, 0.29) is 6.04 Å². The van der Waals surface area contributed by atoms with Gasteiger partial charge in [-0.2, -0.15) is 5.10 Å². The maximum Gasteiger partial charge on any atom is 0.141 e. The van der Waals surface area contributed by atoms with Crippen LogP contribution >= 0.6 is 11.6 Å². The predicted molar refractivity (Wildman–Crippen MR) is 67.0 cm³/mol. The van der Waals surface area contributed by atoms with Crippen LogP contribution in [-0.4, -0.2) is 19.7 Å². The normalized spacial score (nSPS) is 12.7. The third-order valence-electron chi connectivity index (χ3n) is 2.73. The molecule has 0 spiro atoms. The summed E-state index contributed by atoms with van der Waals surface area (Å²) in [6.45, 7) is 5.70. The number of nitrogen functional groups attached to an aromatic ring is 1. The predicted octanol–water partition coefficient (Wildman–Crippen LogP) is 2.13. The van der Waals surface area contributed by atoms with E-state index in [1.807, 2.05) is 20.8 Å². The summed E-state index contributed by atoms with van der Waals surface area (Å²) in [5, 5.41) is 4.82. The minimum absolute atomic E-state index is 0.0881. The van der Waals surface area contributed by atoms with E-state index < -0.39 is 0 Å². The van der Waals surface area contributed by atoms with Gasteiger partial charge in [-0.1, -0.05) is 11.6 Å². The van der Waals surface area contributed by atoms with Crippen molar-refractivity contribution in [3.8, 4) is 0 Å². The van der Waals surface area contributed by atoms with E-state index in [1.165, 1.54) is 0 Å². The maximum absolute atomic E-state index is 6.03. The van der Waals surface area contributed by atoms with Crippen LogP contribution in [0.4, 0.5) is 5.82 Å². The van der Waals surface area contributed by atoms with Gasteiger partial charge >= 0.3 is 0 Å². The average molecular weight is 252 g/mol. The van der Waals surface area contributed by atoms with Gasteiger partial charge in [-0.3, -0.25) is 9.97 Å². The summed E-state index contributed by atoms with van der Waals surface area (Å²) >= 11 is 6.03. The SMILES string of the molecule is Cc1nccnc1C(C)n1nc(C)c(Cl)c1N. The molecule has 0 aliphatic heterocycles. The van der Waals surface area contributed by atoms with E-state index in [2.05, 4.69) is 15.1 Å². The Labute approximate surface area is 105 Å². The van der Waals surface area contributed by atoms with E-state index in [0.717, 1.165) is 17.1 Å². The van der Waals surface area contributed by atoms with Gasteiger partial charge in [0.15, 0.2) is 0 Å². The van der Waals surface area contributed by atoms with Crippen molar-refractivity contribution in [3.05, 3.63) is 34.5 Å². The van der Waals surface area contributed by atoms with Gasteiger partial charge in [-0.25, -0.2) is 4.68 Å². The smallest absolute Gasteiger partial charge is 0.141 e. The van der Waals surface area contributed by atoms with E-state index in [4.69, 9.17) is 17.3 Å². The van der Waals surface area contributed by atoms with Crippen molar-refractivity contribution in [1.29, 1.82) is 0 Å². The molecule has 5 nitrogen and oxygen atoms in total. The fraction of sp³-hybridized carbons (Fsp3) is 0.364. The van der Waals surface area contributed by atoms with Crippen LogP contribution in [-0.2, 0) is 0 Å². The van der Waals surface area contributed by atoms with Crippen molar-refractivity contribution in [2.24, 2.45) is 0 Å². The molecule has 0 aliphatic rings. The monoisotopic (exact) mass is 251 g/mol. The molecule has 0 aliphatic carbocycles. The second kappa shape index (κ2) is 4.33. The minimum atomic E-state index is -0.0881. The molecule has 2 aromatic rings. The van der Waals surface area contributed by atoms with Crippen molar-refractivity contribution in [3.63, 3.8) is 0 Å². The number of halogens is 1. The van der Waals surface area contributed by atoms with Crippen LogP contribution in [0.2, 0.25) is 5.02 Å². The number of hydrogen-bond acceptors (Lipinski definition) is 4. The Hall–Kier alpha value is -1.62. The van der Waals surface area contributed by atoms with Gasteiger partial charge in [0.25, 0.3) is 0 Å². The molecule has 0 fully saturated rings. The lowest BCUT2D eigenvalue weighted by Crippen LogP contribution is -2.14. The van der Waals surface area contributed by atoms with Crippen molar-refractivity contribution in [2.45, 2.75) is 26.8 Å². The Balaban J connectivity index is 2.48. The van der Waals surface area contributed by atoms with Crippen LogP contribution in [0.15, 0.2) is 12.4 Å². The second-order valence-electron chi connectivity index (χ2n) is 3.93. The molecule has 2 rings (SSSR count). The third kappa shape index (κ3) is 1.98. The zero-order valence-electron chi connectivity index (χ0n) is 9.98. The summed E-state index contributed by atoms with van der Waals surface area (Å²) in [5.41, 5.74) is 8.34. The molecule has 0 saturated heterocycles. The topological polar surface area (TPSA) is 69.6 Å². The largest absolute Gasteiger partial charge is 0.383 e. The molecule has 90 valence electrons. The first kappa shape index (κ1) is 11.9. The van der Waals surface area contributed by atoms with Crippen LogP contribution < -0.4 is 5.73 Å². The number of rotatable bonds is 2. The minimum Gasteiger partial charge on any atom is -0.383 e. The molecular formula is C11H14ClN5. The van der Waals surface area contributed by atoms with Crippen molar-refractivity contribution in [1.82, 2.24) is 19.7 Å². The Morgan fingerprint density at radius 1 is 1.24 bits per heavy atom. The van der Waals surface area contributed by atoms with E-state index in [0.29, 0.717) is 10.8 Å². The highest BCUT2D eigenvalue weighted by molar-refractivity contribution is 6.33. The van der Waals surface area contributed by atoms with E-state index >= 15 is 0 Å². The number of nitrogens with two attached hydrogens (primary N) is 1. The maximum atomic E-state index is 6.03. The molecule has 1 unspecified atom stereocenters. The van der Waals surface area contributed by atoms with Crippen LogP contribution in [0.25, 0.3) is 0 Å². The summed E-state index contributed by atoms with van der Waals surface area (Å²) < 4.78 is 1.68. The first-order chi connectivity index (χ1) is 8.02. The summed E-state index contributed by atoms with van der Waals surface area (Å²) in [7, 11) is 0. The molecule has 0 radical (unpaired) electrons. The van der Waals surface area contributed by atoms with Gasteiger partial charge in [0.1, 0.15) is 10.8 Å². The first-order valence-electron chi connectivity index (χ1n) is 5.30. The quantitative estimate of drug-likeness (QED) is 0.888. The second-order valence-corrected chi connectivity index (χ2v) is 4.31. The molecular weight excluding hydrogens is 238 g/mol. The van der Waals surface area contributed by atoms with Gasteiger partial charge in [-0.05, 0) is 20.8 Å². The van der Waals surface area contributed by atoms with E-state index in [9.17, 15) is 0 Å². The molecule has 0 amide bonds. The molecule has 0 bridgehead atoms. The highest BCUT2D eigenvalue weighted by Gasteiger charge is 2.19. The van der Waals surface area contributed by atoms with Gasteiger partial charge < -0.3 is 5.73 Å². The number of aromatic nitrogens is 4. The van der Waals surface area contributed by atoms with Crippen LogP contribution in [0.3, 0.4) is 0 Å². The molecule has 1 atom stereocenters. The lowest BCUT2D eigenvalue weighted by atomic mass is 10.2. The Kier molecular flexibility index (Phi) is 3.02. The fourth-order valence-electron chi connectivity index (χ4n) is 1.78. The molecule has 2 aromatic heterocycles. The zero-order valence-corrected chi connectivity index (χ0v) is 10.7. The van der Waals surface area contributed by atoms with Crippen molar-refractivity contribution >= 4 is 17.4 Å². The van der Waals surface area contributed by atoms with Crippen LogP contribution in [0, 0.1) is 13.8 Å². The van der Waals surface area contributed by atoms with Gasteiger partial charge in [0.2, 0.25) is 0 Å². The first-order valence-corrected chi connectivity index (χ1v) is 5.67. The number of hydrogen-bond donors (Lipinski definition) is 1. The standard InChI is InChI=1S/C11H14ClN5/c1-6-9(12)11(13)17(16-6)8(3)10-7(2)14-4-5-15-10/h4-5,8H,13H2,1-3H3. The Morgan fingerprint density at radius 3 is 2.41 bits per heavy atom. The van der Waals surface area contributed by atoms with Crippen LogP contribution in [0.1, 0.15) is 30.0 Å². The highest BCUT2D eigenvalue weighted by atomic mass is 35.5. The number of nitrogens with zero attached hydrogens (tertiary/aromatic N) is 4. The summed E-state index contributed by atoms with van der Waals surface area (Å²) in [6, 6.07) is -0.0881. The molecule has 6 heteroatoms. The summed E-state index contributed by atoms with van der Waals surface area (Å²) in [6.07, 6.45) is 3.32. The molecule has 0 saturated carbocycles. The highest BCUT2D eigenvalue weighted by Crippen LogP contribution is 2.27. The van der Waals surface area contributed by atoms with Gasteiger partial charge in [0, 0.05) is 12.4 Å². The molecule has 2 heterocycles. The van der Waals surface area contributed by atoms with E-state index in [1.54, 1.807) is 17.1 Å². The average Bonchev–Trinajstić information content (AvgIpc) is 2.57. The van der Waals surface area contributed by atoms with Crippen LogP contribution in [0.5, 0.6) is 0 Å². The Bertz CT molecular complexity index is 549. The molecule has 2 N–H and O–H groups in total. The summed E-state index contributed by atoms with van der Waals surface area (Å²) in [4.78, 5) is 8.52. The third-order valence-corrected chi connectivity index (χ3v) is 3.20. The fourth-order valence-corrected chi connectivity index (χ4v) is 1.91. The van der Waals surface area contributed by atoms with Crippen molar-refractivity contribution in [2.75, 3.05) is 5.73 Å². The molecule has 0 aromatic carbocycles. The lowest BCUT2D eigenvalue weighted by Gasteiger charge is -2.14. The number of aryl methyl sites for hydroxylation is 2. The Morgan fingerprint density at radius 2 is 1.88 bits per heavy atom. The van der Waals surface area contributed by atoms with Gasteiger partial charge in [0.05, 0.1) is 23.1 Å². The number of anilines is 1.